The quantitative estimate of drug-likeness (QED) is 0.383. The molecular weight excluding hydrogens is 547 g/mol. The van der Waals surface area contributed by atoms with Gasteiger partial charge in [-0.05, 0) is 42.8 Å². The van der Waals surface area contributed by atoms with Crippen molar-refractivity contribution in [1.82, 2.24) is 9.97 Å². The normalized spacial score (nSPS) is 18.4. The van der Waals surface area contributed by atoms with Gasteiger partial charge in [-0.15, -0.1) is 0 Å². The molecule has 2 aliphatic heterocycles. The molecule has 3 heterocycles. The molecule has 0 saturated carbocycles. The average molecular weight is 578 g/mol. The number of carbonyl (C=O) groups excluding carboxylic acids is 1. The molecule has 2 aromatic carbocycles. The first-order valence-electron chi connectivity index (χ1n) is 12.8. The van der Waals surface area contributed by atoms with Crippen molar-refractivity contribution in [3.05, 3.63) is 65.2 Å². The Morgan fingerprint density at radius 1 is 0.975 bits per heavy atom. The fraction of sp³-hybridized carbons (Fsp3) is 0.370. The second kappa shape index (κ2) is 11.2. The molecule has 0 bridgehead atoms. The summed E-state index contributed by atoms with van der Waals surface area (Å²) in [5.41, 5.74) is 1.56. The maximum atomic E-state index is 13.1. The molecule has 2 aliphatic rings. The van der Waals surface area contributed by atoms with Crippen LogP contribution >= 0.6 is 10.6 Å². The first kappa shape index (κ1) is 28.1. The zero-order valence-corrected chi connectivity index (χ0v) is 22.6. The van der Waals surface area contributed by atoms with Gasteiger partial charge in [0.15, 0.2) is 0 Å². The molecule has 0 radical (unpaired) electrons. The number of nitrogens with one attached hydrogen (secondary N) is 1. The van der Waals surface area contributed by atoms with Crippen molar-refractivity contribution in [2.24, 2.45) is 0 Å². The molecule has 2 fully saturated rings. The molecule has 0 spiro atoms. The van der Waals surface area contributed by atoms with E-state index >= 15 is 0 Å². The number of aromatic nitrogens is 2. The number of benzene rings is 2. The van der Waals surface area contributed by atoms with E-state index in [9.17, 15) is 27.1 Å². The monoisotopic (exact) mass is 577 g/mol. The van der Waals surface area contributed by atoms with Crippen LogP contribution in [0.25, 0.3) is 11.3 Å². The van der Waals surface area contributed by atoms with E-state index in [0.29, 0.717) is 62.4 Å². The van der Waals surface area contributed by atoms with Crippen LogP contribution in [-0.4, -0.2) is 75.9 Å². The molecule has 13 heteroatoms. The van der Waals surface area contributed by atoms with E-state index in [0.717, 1.165) is 17.7 Å². The number of amides is 1. The Kier molecular flexibility index (Phi) is 7.91. The van der Waals surface area contributed by atoms with Crippen LogP contribution in [0, 0.1) is 6.92 Å². The zero-order valence-electron chi connectivity index (χ0n) is 21.8. The number of rotatable bonds is 5. The van der Waals surface area contributed by atoms with E-state index < -0.39 is 28.2 Å². The van der Waals surface area contributed by atoms with Gasteiger partial charge < -0.3 is 19.9 Å². The summed E-state index contributed by atoms with van der Waals surface area (Å²) in [6, 6.07) is 11.4. The summed E-state index contributed by atoms with van der Waals surface area (Å²) in [4.78, 5) is 26.7. The molecule has 0 atom stereocenters. The van der Waals surface area contributed by atoms with E-state index in [1.54, 1.807) is 18.2 Å². The molecule has 9 nitrogen and oxygen atoms in total. The van der Waals surface area contributed by atoms with Gasteiger partial charge >= 0.3 is 6.18 Å². The summed E-state index contributed by atoms with van der Waals surface area (Å²) >= 11 is 0. The number of carbonyl (C=O) groups is 1. The number of ether oxygens (including phenoxy) is 1. The molecule has 1 amide bonds. The van der Waals surface area contributed by atoms with Crippen molar-refractivity contribution in [3.8, 4) is 11.3 Å². The molecule has 5 rings (SSSR count). The summed E-state index contributed by atoms with van der Waals surface area (Å²) in [5, 5.41) is 2.56. The number of hydrogen-bond donors (Lipinski definition) is 3. The molecular formula is C27H30F3N5O4S. The number of aryl methyl sites for hydroxylation is 1. The van der Waals surface area contributed by atoms with E-state index in [4.69, 9.17) is 14.7 Å². The topological polar surface area (TPSA) is 111 Å². The number of alkyl halides is 3. The average Bonchev–Trinajstić information content (AvgIpc) is 2.93. The molecule has 3 aromatic rings. The SMILES string of the molecule is Cc1ccc(C(=O)Nc2cccc(C(F)(F)F)c2)cc1-c1cc(N2CCS(O)(O)CC2)nc(N2CCOCC2)n1. The predicted octanol–water partition coefficient (Wildman–Crippen LogP) is 5.13. The Bertz CT molecular complexity index is 1390. The third kappa shape index (κ3) is 6.49. The highest BCUT2D eigenvalue weighted by Gasteiger charge is 2.30. The van der Waals surface area contributed by atoms with E-state index in [2.05, 4.69) is 5.32 Å². The lowest BCUT2D eigenvalue weighted by molar-refractivity contribution is -0.137. The van der Waals surface area contributed by atoms with Crippen LogP contribution in [-0.2, 0) is 10.9 Å². The Labute approximate surface area is 231 Å². The lowest BCUT2D eigenvalue weighted by Gasteiger charge is -2.41. The van der Waals surface area contributed by atoms with Crippen LogP contribution in [0.3, 0.4) is 0 Å². The summed E-state index contributed by atoms with van der Waals surface area (Å²) in [6.07, 6.45) is -4.52. The van der Waals surface area contributed by atoms with E-state index in [1.807, 2.05) is 22.8 Å². The highest BCUT2D eigenvalue weighted by atomic mass is 32.3. The van der Waals surface area contributed by atoms with Gasteiger partial charge in [0, 0.05) is 49.1 Å². The first-order valence-corrected chi connectivity index (χ1v) is 14.7. The standard InChI is InChI=1S/C27H30F3N5O4S/c1-18-5-6-19(25(36)31-21-4-2-3-20(16-21)27(28,29)30)15-22(18)23-17-24(34-9-13-40(37,38)14-10-34)33-26(32-23)35-7-11-39-12-8-35/h2-6,15-17,37-38H,7-14H2,1H3,(H,31,36). The molecule has 3 N–H and O–H groups in total. The van der Waals surface area contributed by atoms with Crippen molar-refractivity contribution in [3.63, 3.8) is 0 Å². The molecule has 214 valence electrons. The Hall–Kier alpha value is -3.39. The molecule has 0 unspecified atom stereocenters. The van der Waals surface area contributed by atoms with Crippen molar-refractivity contribution in [2.75, 3.05) is 66.0 Å². The van der Waals surface area contributed by atoms with Crippen LogP contribution in [0.2, 0.25) is 0 Å². The van der Waals surface area contributed by atoms with Gasteiger partial charge in [-0.1, -0.05) is 12.1 Å². The van der Waals surface area contributed by atoms with Crippen LogP contribution in [0.5, 0.6) is 0 Å². The van der Waals surface area contributed by atoms with Crippen molar-refractivity contribution < 1.29 is 31.8 Å². The fourth-order valence-corrected chi connectivity index (χ4v) is 5.83. The second-order valence-electron chi connectivity index (χ2n) is 9.77. The van der Waals surface area contributed by atoms with Crippen LogP contribution in [0.15, 0.2) is 48.5 Å². The Morgan fingerprint density at radius 3 is 2.40 bits per heavy atom. The number of anilines is 3. The Morgan fingerprint density at radius 2 is 1.70 bits per heavy atom. The van der Waals surface area contributed by atoms with E-state index in [-0.39, 0.29) is 22.8 Å². The molecule has 0 aliphatic carbocycles. The van der Waals surface area contributed by atoms with Gasteiger partial charge in [0.05, 0.1) is 36.0 Å². The molecule has 2 saturated heterocycles. The predicted molar refractivity (Wildman–Crippen MR) is 149 cm³/mol. The van der Waals surface area contributed by atoms with Crippen molar-refractivity contribution >= 4 is 34.0 Å². The number of nitrogens with zero attached hydrogens (tertiary/aromatic N) is 4. The van der Waals surface area contributed by atoms with Crippen LogP contribution < -0.4 is 15.1 Å². The number of morpholine rings is 1. The van der Waals surface area contributed by atoms with Gasteiger partial charge in [-0.3, -0.25) is 13.9 Å². The second-order valence-corrected chi connectivity index (χ2v) is 12.2. The minimum absolute atomic E-state index is 0.0388. The maximum absolute atomic E-state index is 13.1. The van der Waals surface area contributed by atoms with Crippen LogP contribution in [0.4, 0.5) is 30.6 Å². The van der Waals surface area contributed by atoms with Crippen LogP contribution in [0.1, 0.15) is 21.5 Å². The van der Waals surface area contributed by atoms with Gasteiger partial charge in [-0.2, -0.15) is 28.7 Å². The summed E-state index contributed by atoms with van der Waals surface area (Å²) in [7, 11) is -2.59. The zero-order chi connectivity index (χ0) is 28.5. The third-order valence-corrected chi connectivity index (χ3v) is 8.59. The highest BCUT2D eigenvalue weighted by molar-refractivity contribution is 8.24. The van der Waals surface area contributed by atoms with E-state index in [1.165, 1.54) is 12.1 Å². The third-order valence-electron chi connectivity index (χ3n) is 6.92. The summed E-state index contributed by atoms with van der Waals surface area (Å²) in [5.74, 6) is 1.10. The highest BCUT2D eigenvalue weighted by Crippen LogP contribution is 2.41. The van der Waals surface area contributed by atoms with Gasteiger partial charge in [0.1, 0.15) is 5.82 Å². The van der Waals surface area contributed by atoms with Crippen molar-refractivity contribution in [1.29, 1.82) is 0 Å². The van der Waals surface area contributed by atoms with Gasteiger partial charge in [0.25, 0.3) is 5.91 Å². The smallest absolute Gasteiger partial charge is 0.378 e. The first-order chi connectivity index (χ1) is 19.0. The minimum atomic E-state index is -4.52. The summed E-state index contributed by atoms with van der Waals surface area (Å²) < 4.78 is 65.0. The number of halogens is 3. The Balaban J connectivity index is 1.47. The summed E-state index contributed by atoms with van der Waals surface area (Å²) in [6.45, 7) is 5.05. The largest absolute Gasteiger partial charge is 0.416 e. The lowest BCUT2D eigenvalue weighted by Crippen LogP contribution is -2.40. The number of hydrogen-bond acceptors (Lipinski definition) is 8. The lowest BCUT2D eigenvalue weighted by atomic mass is 10.0. The minimum Gasteiger partial charge on any atom is -0.378 e. The molecule has 1 aromatic heterocycles. The van der Waals surface area contributed by atoms with Gasteiger partial charge in [0.2, 0.25) is 5.95 Å². The fourth-order valence-electron chi connectivity index (χ4n) is 4.60. The van der Waals surface area contributed by atoms with Gasteiger partial charge in [-0.25, -0.2) is 4.98 Å². The van der Waals surface area contributed by atoms with Crippen molar-refractivity contribution in [2.45, 2.75) is 13.1 Å². The molecule has 40 heavy (non-hydrogen) atoms. The maximum Gasteiger partial charge on any atom is 0.416 e.